The van der Waals surface area contributed by atoms with Crippen LogP contribution in [0.4, 0.5) is 5.69 Å². The quantitative estimate of drug-likeness (QED) is 0.633. The third kappa shape index (κ3) is 1.77. The fourth-order valence-corrected chi connectivity index (χ4v) is 3.78. The normalized spacial score (nSPS) is 34.0. The van der Waals surface area contributed by atoms with Crippen molar-refractivity contribution in [3.63, 3.8) is 0 Å². The van der Waals surface area contributed by atoms with Crippen molar-refractivity contribution < 1.29 is 14.4 Å². The van der Waals surface area contributed by atoms with Crippen molar-refractivity contribution in [2.75, 3.05) is 0 Å². The number of benzene rings is 1. The fourth-order valence-electron chi connectivity index (χ4n) is 3.78. The minimum atomic E-state index is -2.05. The van der Waals surface area contributed by atoms with Gasteiger partial charge < -0.3 is 9.47 Å². The zero-order valence-corrected chi connectivity index (χ0v) is 13.9. The van der Waals surface area contributed by atoms with E-state index in [1.54, 1.807) is 13.8 Å². The molecule has 0 radical (unpaired) electrons. The lowest BCUT2D eigenvalue weighted by atomic mass is 9.54. The zero-order chi connectivity index (χ0) is 19.3. The van der Waals surface area contributed by atoms with E-state index >= 15 is 0 Å². The topological polar surface area (TPSA) is 157 Å². The molecule has 1 aromatic carbocycles. The molecule has 0 saturated carbocycles. The van der Waals surface area contributed by atoms with Crippen LogP contribution in [-0.2, 0) is 9.47 Å². The number of nitrogens with zero attached hydrogens (tertiary/aromatic N) is 4. The number of fused-ring (bicyclic) bond motifs is 2. The number of rotatable bonds is 2. The summed E-state index contributed by atoms with van der Waals surface area (Å²) in [7, 11) is 0. The molecule has 0 spiro atoms. The molecular formula is C17H13N5O4. The maximum Gasteiger partial charge on any atom is 0.269 e. The fraction of sp³-hybridized carbons (Fsp3) is 0.412. The molecule has 0 amide bonds. The van der Waals surface area contributed by atoms with E-state index in [4.69, 9.17) is 14.9 Å². The average molecular weight is 351 g/mol. The molecule has 26 heavy (non-hydrogen) atoms. The summed E-state index contributed by atoms with van der Waals surface area (Å²) in [6.45, 7) is 3.14. The van der Waals surface area contributed by atoms with Crippen molar-refractivity contribution >= 4 is 11.6 Å². The largest absolute Gasteiger partial charge is 0.448 e. The molecule has 2 bridgehead atoms. The third-order valence-electron chi connectivity index (χ3n) is 5.40. The Hall–Kier alpha value is -3.48. The third-order valence-corrected chi connectivity index (χ3v) is 5.40. The van der Waals surface area contributed by atoms with Crippen molar-refractivity contribution in [1.82, 2.24) is 0 Å². The van der Waals surface area contributed by atoms with E-state index in [-0.39, 0.29) is 5.69 Å². The van der Waals surface area contributed by atoms with Crippen LogP contribution in [0.25, 0.3) is 0 Å². The number of nitro groups is 1. The summed E-state index contributed by atoms with van der Waals surface area (Å²) in [6.07, 6.45) is -1.22. The highest BCUT2D eigenvalue weighted by Gasteiger charge is 2.78. The van der Waals surface area contributed by atoms with Gasteiger partial charge in [0.1, 0.15) is 6.10 Å². The molecule has 2 aliphatic heterocycles. The number of hydrogen-bond donors (Lipinski definition) is 1. The van der Waals surface area contributed by atoms with Gasteiger partial charge in [-0.3, -0.25) is 15.5 Å². The second-order valence-electron chi connectivity index (χ2n) is 6.47. The smallest absolute Gasteiger partial charge is 0.269 e. The van der Waals surface area contributed by atoms with Crippen molar-refractivity contribution in [2.45, 2.75) is 25.7 Å². The highest BCUT2D eigenvalue weighted by Crippen LogP contribution is 2.66. The van der Waals surface area contributed by atoms with Crippen molar-refractivity contribution in [3.05, 3.63) is 39.9 Å². The first kappa shape index (κ1) is 17.3. The molecule has 0 aliphatic carbocycles. The second kappa shape index (κ2) is 5.26. The minimum Gasteiger partial charge on any atom is -0.448 e. The van der Waals surface area contributed by atoms with Crippen molar-refractivity contribution in [2.24, 2.45) is 16.7 Å². The SMILES string of the molecule is C[C@@H]1[C@@]2(C)OC(=N)[C@@]1(C#N)C(C#N)(C#N)[C@H](c1ccc([N+](=O)[O-])cc1)O2. The molecule has 0 unspecified atom stereocenters. The summed E-state index contributed by atoms with van der Waals surface area (Å²) < 4.78 is 11.4. The van der Waals surface area contributed by atoms with Gasteiger partial charge in [-0.1, -0.05) is 6.92 Å². The Labute approximate surface area is 148 Å². The maximum absolute atomic E-state index is 10.9. The second-order valence-corrected chi connectivity index (χ2v) is 6.47. The van der Waals surface area contributed by atoms with Crippen LogP contribution in [-0.4, -0.2) is 16.6 Å². The van der Waals surface area contributed by atoms with Crippen LogP contribution < -0.4 is 0 Å². The van der Waals surface area contributed by atoms with Crippen LogP contribution in [0.1, 0.15) is 25.5 Å². The van der Waals surface area contributed by atoms with Gasteiger partial charge >= 0.3 is 0 Å². The highest BCUT2D eigenvalue weighted by atomic mass is 16.7. The molecule has 2 saturated heterocycles. The molecule has 2 fully saturated rings. The summed E-state index contributed by atoms with van der Waals surface area (Å²) in [5.74, 6) is -2.61. The van der Waals surface area contributed by atoms with Gasteiger partial charge in [-0.15, -0.1) is 0 Å². The number of nitro benzene ring substituents is 1. The number of nitriles is 3. The first-order chi connectivity index (χ1) is 12.2. The molecule has 9 heteroatoms. The van der Waals surface area contributed by atoms with Crippen LogP contribution in [0.2, 0.25) is 0 Å². The van der Waals surface area contributed by atoms with Crippen molar-refractivity contribution in [1.29, 1.82) is 21.2 Å². The number of non-ortho nitro benzene ring substituents is 1. The first-order valence-corrected chi connectivity index (χ1v) is 7.66. The van der Waals surface area contributed by atoms with Gasteiger partial charge in [0.15, 0.2) is 5.41 Å². The van der Waals surface area contributed by atoms with Gasteiger partial charge in [0.2, 0.25) is 17.1 Å². The zero-order valence-electron chi connectivity index (χ0n) is 13.9. The van der Waals surface area contributed by atoms with Crippen molar-refractivity contribution in [3.8, 4) is 18.2 Å². The summed E-state index contributed by atoms with van der Waals surface area (Å²) in [6, 6.07) is 11.0. The Kier molecular flexibility index (Phi) is 3.51. The van der Waals surface area contributed by atoms with Crippen LogP contribution >= 0.6 is 0 Å². The predicted octanol–water partition coefficient (Wildman–Crippen LogP) is 2.57. The maximum atomic E-state index is 10.9. The highest BCUT2D eigenvalue weighted by molar-refractivity contribution is 5.89. The van der Waals surface area contributed by atoms with Gasteiger partial charge in [0.25, 0.3) is 5.69 Å². The summed E-state index contributed by atoms with van der Waals surface area (Å²) in [5, 5.41) is 48.7. The standard InChI is InChI=1S/C17H13N5O4/c1-10-15(2)25-13(11-3-5-12(6-4-11)22(23)24)16(7-18,8-19)17(10,9-20)14(21)26-15/h3-6,10,13,21H,1-2H3/t10-,13+,15-,17+/m1/s1. The van der Waals surface area contributed by atoms with E-state index in [1.807, 2.05) is 18.2 Å². The average Bonchev–Trinajstić information content (AvgIpc) is 2.77. The van der Waals surface area contributed by atoms with Crippen LogP contribution in [0, 0.1) is 66.3 Å². The summed E-state index contributed by atoms with van der Waals surface area (Å²) in [5.41, 5.74) is -3.72. The molecule has 3 rings (SSSR count). The Morgan fingerprint density at radius 2 is 1.77 bits per heavy atom. The van der Waals surface area contributed by atoms with E-state index in [0.717, 1.165) is 0 Å². The molecule has 130 valence electrons. The molecule has 1 aromatic rings. The first-order valence-electron chi connectivity index (χ1n) is 7.66. The Morgan fingerprint density at radius 1 is 1.19 bits per heavy atom. The van der Waals surface area contributed by atoms with E-state index in [9.17, 15) is 25.9 Å². The molecule has 4 atom stereocenters. The van der Waals surface area contributed by atoms with E-state index in [0.29, 0.717) is 5.56 Å². The number of hydrogen-bond acceptors (Lipinski definition) is 8. The Morgan fingerprint density at radius 3 is 2.23 bits per heavy atom. The lowest BCUT2D eigenvalue weighted by Crippen LogP contribution is -2.57. The Balaban J connectivity index is 2.25. The predicted molar refractivity (Wildman–Crippen MR) is 85.0 cm³/mol. The molecule has 1 N–H and O–H groups in total. The van der Waals surface area contributed by atoms with Gasteiger partial charge in [-0.25, -0.2) is 0 Å². The molecule has 0 aromatic heterocycles. The monoisotopic (exact) mass is 351 g/mol. The molecule has 2 heterocycles. The van der Waals surface area contributed by atoms with E-state index in [2.05, 4.69) is 0 Å². The van der Waals surface area contributed by atoms with Gasteiger partial charge in [-0.05, 0) is 17.7 Å². The Bertz CT molecular complexity index is 924. The van der Waals surface area contributed by atoms with E-state index < -0.39 is 39.5 Å². The molecule has 9 nitrogen and oxygen atoms in total. The lowest BCUT2D eigenvalue weighted by Gasteiger charge is -2.47. The summed E-state index contributed by atoms with van der Waals surface area (Å²) in [4.78, 5) is 10.3. The lowest BCUT2D eigenvalue weighted by molar-refractivity contribution is -0.384. The van der Waals surface area contributed by atoms with Gasteiger partial charge in [-0.2, -0.15) is 15.8 Å². The minimum absolute atomic E-state index is 0.161. The van der Waals surface area contributed by atoms with Crippen LogP contribution in [0.3, 0.4) is 0 Å². The van der Waals surface area contributed by atoms with Crippen LogP contribution in [0.15, 0.2) is 24.3 Å². The van der Waals surface area contributed by atoms with E-state index in [1.165, 1.54) is 24.3 Å². The van der Waals surface area contributed by atoms with Gasteiger partial charge in [0.05, 0.1) is 29.0 Å². The molecule has 2 aliphatic rings. The number of nitrogens with one attached hydrogen (secondary N) is 1. The number of ether oxygens (including phenoxy) is 2. The summed E-state index contributed by atoms with van der Waals surface area (Å²) >= 11 is 0. The van der Waals surface area contributed by atoms with Crippen LogP contribution in [0.5, 0.6) is 0 Å². The van der Waals surface area contributed by atoms with Gasteiger partial charge in [0, 0.05) is 19.1 Å². The molecular weight excluding hydrogens is 338 g/mol.